The van der Waals surface area contributed by atoms with Crippen LogP contribution in [0.1, 0.15) is 58.3 Å². The van der Waals surface area contributed by atoms with Crippen molar-refractivity contribution in [3.8, 4) is 0 Å². The minimum atomic E-state index is -0.161. The zero-order chi connectivity index (χ0) is 12.5. The molecule has 1 unspecified atom stereocenters. The van der Waals surface area contributed by atoms with Gasteiger partial charge in [-0.25, -0.2) is 0 Å². The van der Waals surface area contributed by atoms with E-state index >= 15 is 0 Å². The van der Waals surface area contributed by atoms with E-state index in [0.717, 1.165) is 18.8 Å². The standard InChI is InChI=1S/C14H28N2O/c1-2-7-13-8-6-11-16(12-13)10-5-3-4-9-14(15)17/h13H,2-12H2,1H3,(H2,15,17). The molecular formula is C14H28N2O. The highest BCUT2D eigenvalue weighted by Crippen LogP contribution is 2.21. The van der Waals surface area contributed by atoms with Crippen molar-refractivity contribution >= 4 is 5.91 Å². The van der Waals surface area contributed by atoms with Gasteiger partial charge in [-0.05, 0) is 51.1 Å². The quantitative estimate of drug-likeness (QED) is 0.663. The Morgan fingerprint density at radius 2 is 2.18 bits per heavy atom. The van der Waals surface area contributed by atoms with Gasteiger partial charge in [-0.15, -0.1) is 0 Å². The van der Waals surface area contributed by atoms with Crippen molar-refractivity contribution in [1.82, 2.24) is 4.90 Å². The van der Waals surface area contributed by atoms with E-state index in [-0.39, 0.29) is 5.91 Å². The van der Waals surface area contributed by atoms with E-state index in [1.165, 1.54) is 51.7 Å². The topological polar surface area (TPSA) is 46.3 Å². The molecule has 0 bridgehead atoms. The Labute approximate surface area is 106 Å². The minimum Gasteiger partial charge on any atom is -0.370 e. The van der Waals surface area contributed by atoms with Crippen molar-refractivity contribution in [2.24, 2.45) is 11.7 Å². The maximum atomic E-state index is 10.6. The number of rotatable bonds is 8. The van der Waals surface area contributed by atoms with Crippen molar-refractivity contribution in [1.29, 1.82) is 0 Å². The number of nitrogens with zero attached hydrogens (tertiary/aromatic N) is 1. The van der Waals surface area contributed by atoms with Gasteiger partial charge in [0.2, 0.25) is 5.91 Å². The molecule has 0 radical (unpaired) electrons. The summed E-state index contributed by atoms with van der Waals surface area (Å²) < 4.78 is 0. The number of likely N-dealkylation sites (tertiary alicyclic amines) is 1. The Kier molecular flexibility index (Phi) is 7.25. The van der Waals surface area contributed by atoms with E-state index < -0.39 is 0 Å². The van der Waals surface area contributed by atoms with Crippen LogP contribution in [0.25, 0.3) is 0 Å². The van der Waals surface area contributed by atoms with Crippen molar-refractivity contribution in [2.75, 3.05) is 19.6 Å². The summed E-state index contributed by atoms with van der Waals surface area (Å²) >= 11 is 0. The van der Waals surface area contributed by atoms with Gasteiger partial charge in [0.1, 0.15) is 0 Å². The largest absolute Gasteiger partial charge is 0.370 e. The molecule has 1 atom stereocenters. The van der Waals surface area contributed by atoms with Crippen molar-refractivity contribution in [3.05, 3.63) is 0 Å². The number of hydrogen-bond acceptors (Lipinski definition) is 2. The van der Waals surface area contributed by atoms with Gasteiger partial charge in [-0.3, -0.25) is 4.79 Å². The van der Waals surface area contributed by atoms with Crippen LogP contribution in [0.15, 0.2) is 0 Å². The monoisotopic (exact) mass is 240 g/mol. The highest BCUT2D eigenvalue weighted by atomic mass is 16.1. The molecule has 1 heterocycles. The first-order valence-electron chi connectivity index (χ1n) is 7.23. The van der Waals surface area contributed by atoms with Gasteiger partial charge in [-0.2, -0.15) is 0 Å². The number of nitrogens with two attached hydrogens (primary N) is 1. The van der Waals surface area contributed by atoms with Gasteiger partial charge in [-0.1, -0.05) is 19.8 Å². The molecule has 3 heteroatoms. The molecule has 0 aromatic carbocycles. The summed E-state index contributed by atoms with van der Waals surface area (Å²) in [6.07, 6.45) is 9.36. The first kappa shape index (κ1) is 14.5. The molecule has 1 aliphatic heterocycles. The van der Waals surface area contributed by atoms with Crippen LogP contribution in [-0.2, 0) is 4.79 Å². The van der Waals surface area contributed by atoms with Crippen molar-refractivity contribution < 1.29 is 4.79 Å². The summed E-state index contributed by atoms with van der Waals surface area (Å²) in [6.45, 7) is 6.06. The normalized spacial score (nSPS) is 21.6. The Hall–Kier alpha value is -0.570. The van der Waals surface area contributed by atoms with E-state index in [1.807, 2.05) is 0 Å². The first-order valence-corrected chi connectivity index (χ1v) is 7.23. The third-order valence-electron chi connectivity index (χ3n) is 3.70. The third kappa shape index (κ3) is 6.67. The fourth-order valence-corrected chi connectivity index (χ4v) is 2.81. The Bertz CT molecular complexity index is 216. The molecule has 2 N–H and O–H groups in total. The van der Waals surface area contributed by atoms with Gasteiger partial charge >= 0.3 is 0 Å². The number of unbranched alkanes of at least 4 members (excludes halogenated alkanes) is 2. The molecule has 1 aliphatic rings. The van der Waals surface area contributed by atoms with Gasteiger partial charge in [0.15, 0.2) is 0 Å². The lowest BCUT2D eigenvalue weighted by Gasteiger charge is -2.32. The van der Waals surface area contributed by atoms with Crippen molar-refractivity contribution in [3.63, 3.8) is 0 Å². The van der Waals surface area contributed by atoms with Crippen LogP contribution >= 0.6 is 0 Å². The highest BCUT2D eigenvalue weighted by molar-refractivity contribution is 5.73. The van der Waals surface area contributed by atoms with Crippen LogP contribution in [0.3, 0.4) is 0 Å². The molecule has 0 aliphatic carbocycles. The van der Waals surface area contributed by atoms with E-state index in [1.54, 1.807) is 0 Å². The van der Waals surface area contributed by atoms with E-state index in [9.17, 15) is 4.79 Å². The van der Waals surface area contributed by atoms with Crippen LogP contribution in [0.2, 0.25) is 0 Å². The zero-order valence-electron chi connectivity index (χ0n) is 11.3. The fourth-order valence-electron chi connectivity index (χ4n) is 2.81. The number of carbonyl (C=O) groups is 1. The second kappa shape index (κ2) is 8.51. The minimum absolute atomic E-state index is 0.161. The van der Waals surface area contributed by atoms with Crippen LogP contribution in [0.5, 0.6) is 0 Å². The summed E-state index contributed by atoms with van der Waals surface area (Å²) in [4.78, 5) is 13.2. The van der Waals surface area contributed by atoms with Crippen molar-refractivity contribution in [2.45, 2.75) is 58.3 Å². The summed E-state index contributed by atoms with van der Waals surface area (Å²) in [6, 6.07) is 0. The number of carbonyl (C=O) groups excluding carboxylic acids is 1. The summed E-state index contributed by atoms with van der Waals surface area (Å²) in [5, 5.41) is 0. The second-order valence-corrected chi connectivity index (χ2v) is 5.37. The average molecular weight is 240 g/mol. The van der Waals surface area contributed by atoms with E-state index in [2.05, 4.69) is 11.8 Å². The molecule has 3 nitrogen and oxygen atoms in total. The Morgan fingerprint density at radius 1 is 1.35 bits per heavy atom. The second-order valence-electron chi connectivity index (χ2n) is 5.37. The SMILES string of the molecule is CCCC1CCCN(CCCCCC(N)=O)C1. The predicted molar refractivity (Wildman–Crippen MR) is 71.7 cm³/mol. The zero-order valence-corrected chi connectivity index (χ0v) is 11.3. The molecule has 1 fully saturated rings. The molecular weight excluding hydrogens is 212 g/mol. The van der Waals surface area contributed by atoms with E-state index in [4.69, 9.17) is 5.73 Å². The molecule has 0 saturated carbocycles. The molecule has 1 amide bonds. The van der Waals surface area contributed by atoms with E-state index in [0.29, 0.717) is 6.42 Å². The van der Waals surface area contributed by atoms with Crippen LogP contribution < -0.4 is 5.73 Å². The predicted octanol–water partition coefficient (Wildman–Crippen LogP) is 2.54. The highest BCUT2D eigenvalue weighted by Gasteiger charge is 2.18. The first-order chi connectivity index (χ1) is 8.22. The Balaban J connectivity index is 2.04. The molecule has 100 valence electrons. The lowest BCUT2D eigenvalue weighted by molar-refractivity contribution is -0.118. The number of amides is 1. The lowest BCUT2D eigenvalue weighted by atomic mass is 9.93. The number of piperidine rings is 1. The molecule has 0 aromatic heterocycles. The van der Waals surface area contributed by atoms with Gasteiger partial charge in [0.25, 0.3) is 0 Å². The summed E-state index contributed by atoms with van der Waals surface area (Å²) in [7, 11) is 0. The Morgan fingerprint density at radius 3 is 2.88 bits per heavy atom. The lowest BCUT2D eigenvalue weighted by Crippen LogP contribution is -2.36. The third-order valence-corrected chi connectivity index (χ3v) is 3.70. The number of primary amides is 1. The maximum absolute atomic E-state index is 10.6. The average Bonchev–Trinajstić information content (AvgIpc) is 2.29. The van der Waals surface area contributed by atoms with Crippen LogP contribution in [0.4, 0.5) is 0 Å². The molecule has 0 spiro atoms. The fraction of sp³-hybridized carbons (Fsp3) is 0.929. The molecule has 17 heavy (non-hydrogen) atoms. The van der Waals surface area contributed by atoms with Gasteiger partial charge in [0, 0.05) is 13.0 Å². The van der Waals surface area contributed by atoms with Gasteiger partial charge in [0.05, 0.1) is 0 Å². The maximum Gasteiger partial charge on any atom is 0.217 e. The summed E-state index contributed by atoms with van der Waals surface area (Å²) in [5.41, 5.74) is 5.12. The number of hydrogen-bond donors (Lipinski definition) is 1. The molecule has 1 rings (SSSR count). The molecule has 0 aromatic rings. The molecule has 1 saturated heterocycles. The van der Waals surface area contributed by atoms with Crippen LogP contribution in [0, 0.1) is 5.92 Å². The summed E-state index contributed by atoms with van der Waals surface area (Å²) in [5.74, 6) is 0.769. The van der Waals surface area contributed by atoms with Gasteiger partial charge < -0.3 is 10.6 Å². The smallest absolute Gasteiger partial charge is 0.217 e. The van der Waals surface area contributed by atoms with Crippen LogP contribution in [-0.4, -0.2) is 30.4 Å².